The van der Waals surface area contributed by atoms with Gasteiger partial charge in [-0.05, 0) is 74.4 Å². The average molecular weight is 599 g/mol. The van der Waals surface area contributed by atoms with E-state index >= 15 is 0 Å². The van der Waals surface area contributed by atoms with Crippen molar-refractivity contribution in [2.45, 2.75) is 67.3 Å². The maximum absolute atomic E-state index is 14.4. The first-order valence-electron chi connectivity index (χ1n) is 15.3. The van der Waals surface area contributed by atoms with Gasteiger partial charge in [0.15, 0.2) is 5.43 Å². The molecule has 2 aliphatic rings. The predicted molar refractivity (Wildman–Crippen MR) is 176 cm³/mol. The van der Waals surface area contributed by atoms with E-state index in [9.17, 15) is 14.2 Å². The van der Waals surface area contributed by atoms with Gasteiger partial charge in [0.05, 0.1) is 34.6 Å². The van der Waals surface area contributed by atoms with Gasteiger partial charge in [0.1, 0.15) is 5.58 Å². The van der Waals surface area contributed by atoms with E-state index in [0.29, 0.717) is 50.4 Å². The number of benzene rings is 2. The Labute approximate surface area is 258 Å². The van der Waals surface area contributed by atoms with Crippen LogP contribution in [0.3, 0.4) is 0 Å². The molecule has 2 N–H and O–H groups in total. The van der Waals surface area contributed by atoms with E-state index < -0.39 is 13.1 Å². The molecule has 1 unspecified atom stereocenters. The molecule has 1 saturated heterocycles. The molecular formula is C34H40BFN4O4. The van der Waals surface area contributed by atoms with Crippen LogP contribution in [-0.4, -0.2) is 36.4 Å². The zero-order valence-corrected chi connectivity index (χ0v) is 26.5. The standard InChI is InChI=1S/C32H34BFN4O4.C2H6/c1-18-14-23(30-24(15-18)29(39)19(2)31(41-30)38-12-10-32(4,5)11-13-38)20(3)36-26-8-9-27(34)37-28(26)21-6-7-25-22(16-21)17-35-42-33(25)40;1-2/h6-9,14-17,20,36,40H,10-13H2,1-5H3;1-2H3. The van der Waals surface area contributed by atoms with Crippen LogP contribution in [-0.2, 0) is 4.76 Å². The maximum Gasteiger partial charge on any atom is 0.583 e. The summed E-state index contributed by atoms with van der Waals surface area (Å²) >= 11 is 0. The van der Waals surface area contributed by atoms with Crippen LogP contribution in [0.2, 0.25) is 0 Å². The SMILES string of the molecule is CC.Cc1cc(C(C)Nc2ccc(F)nc2-c2ccc3c(c2)C=NOB3O)c2oc(N3CCC(C)(C)CC3)c(C)c(=O)c2c1. The number of piperidine rings is 1. The molecule has 0 spiro atoms. The zero-order chi connectivity index (χ0) is 31.8. The van der Waals surface area contributed by atoms with Crippen LogP contribution in [0.1, 0.15) is 75.8 Å². The zero-order valence-electron chi connectivity index (χ0n) is 26.5. The summed E-state index contributed by atoms with van der Waals surface area (Å²) in [5.41, 5.74) is 6.06. The Bertz CT molecular complexity index is 1780. The van der Waals surface area contributed by atoms with Crippen molar-refractivity contribution in [1.29, 1.82) is 0 Å². The molecule has 44 heavy (non-hydrogen) atoms. The first kappa shape index (κ1) is 31.3. The Kier molecular flexibility index (Phi) is 8.84. The predicted octanol–water partition coefficient (Wildman–Crippen LogP) is 6.49. The van der Waals surface area contributed by atoms with Gasteiger partial charge in [-0.3, -0.25) is 4.79 Å². The van der Waals surface area contributed by atoms with Crippen molar-refractivity contribution in [3.8, 4) is 11.3 Å². The van der Waals surface area contributed by atoms with E-state index in [1.807, 2.05) is 46.8 Å². The third-order valence-electron chi connectivity index (χ3n) is 8.45. The molecule has 230 valence electrons. The highest BCUT2D eigenvalue weighted by Gasteiger charge is 2.29. The normalized spacial score (nSPS) is 16.1. The molecule has 0 saturated carbocycles. The largest absolute Gasteiger partial charge is 0.583 e. The molecule has 10 heteroatoms. The lowest BCUT2D eigenvalue weighted by molar-refractivity contribution is 0.274. The van der Waals surface area contributed by atoms with Crippen molar-refractivity contribution < 1.29 is 18.6 Å². The number of nitrogens with one attached hydrogen (secondary N) is 1. The third kappa shape index (κ3) is 6.08. The number of anilines is 2. The third-order valence-corrected chi connectivity index (χ3v) is 8.45. The van der Waals surface area contributed by atoms with Gasteiger partial charge in [0.25, 0.3) is 0 Å². The number of halogens is 1. The molecule has 0 amide bonds. The van der Waals surface area contributed by atoms with Crippen molar-refractivity contribution in [3.63, 3.8) is 0 Å². The Morgan fingerprint density at radius 1 is 1.09 bits per heavy atom. The second-order valence-electron chi connectivity index (χ2n) is 12.2. The van der Waals surface area contributed by atoms with Gasteiger partial charge in [-0.1, -0.05) is 45.9 Å². The minimum atomic E-state index is -1.16. The number of aromatic nitrogens is 1. The van der Waals surface area contributed by atoms with E-state index in [1.165, 1.54) is 12.3 Å². The van der Waals surface area contributed by atoms with Crippen molar-refractivity contribution >= 4 is 41.3 Å². The number of pyridine rings is 1. The minimum Gasteiger partial charge on any atom is -0.440 e. The van der Waals surface area contributed by atoms with E-state index in [4.69, 9.17) is 9.17 Å². The summed E-state index contributed by atoms with van der Waals surface area (Å²) in [4.78, 5) is 20.0. The summed E-state index contributed by atoms with van der Waals surface area (Å²) < 4.78 is 25.9. The lowest BCUT2D eigenvalue weighted by atomic mass is 9.75. The second-order valence-corrected chi connectivity index (χ2v) is 12.2. The highest BCUT2D eigenvalue weighted by atomic mass is 19.1. The van der Waals surface area contributed by atoms with Crippen LogP contribution < -0.4 is 21.1 Å². The van der Waals surface area contributed by atoms with Gasteiger partial charge >= 0.3 is 7.12 Å². The second kappa shape index (κ2) is 12.4. The number of fused-ring (bicyclic) bond motifs is 2. The van der Waals surface area contributed by atoms with Crippen molar-refractivity contribution in [1.82, 2.24) is 4.98 Å². The number of oxime groups is 1. The number of hydrogen-bond donors (Lipinski definition) is 2. The number of nitrogens with zero attached hydrogens (tertiary/aromatic N) is 3. The van der Waals surface area contributed by atoms with Gasteiger partial charge in [-0.25, -0.2) is 4.98 Å². The minimum absolute atomic E-state index is 0.0285. The summed E-state index contributed by atoms with van der Waals surface area (Å²) in [5.74, 6) is 0.0149. The topological polar surface area (TPSA) is 100 Å². The molecule has 2 aliphatic heterocycles. The lowest BCUT2D eigenvalue weighted by Crippen LogP contribution is -2.38. The number of aryl methyl sites for hydroxylation is 1. The molecule has 0 aliphatic carbocycles. The maximum atomic E-state index is 14.4. The summed E-state index contributed by atoms with van der Waals surface area (Å²) in [7, 11) is -1.16. The highest BCUT2D eigenvalue weighted by molar-refractivity contribution is 6.62. The van der Waals surface area contributed by atoms with Crippen LogP contribution in [0.4, 0.5) is 16.0 Å². The fraction of sp³-hybridized carbons (Fsp3) is 0.382. The Hall–Kier alpha value is -4.18. The van der Waals surface area contributed by atoms with Gasteiger partial charge in [-0.2, -0.15) is 4.39 Å². The Morgan fingerprint density at radius 3 is 2.55 bits per heavy atom. The molecular weight excluding hydrogens is 558 g/mol. The van der Waals surface area contributed by atoms with Gasteiger partial charge < -0.3 is 24.4 Å². The molecule has 1 atom stereocenters. The van der Waals surface area contributed by atoms with E-state index in [2.05, 4.69) is 34.2 Å². The van der Waals surface area contributed by atoms with E-state index in [0.717, 1.165) is 37.1 Å². The van der Waals surface area contributed by atoms with Crippen molar-refractivity contribution in [2.75, 3.05) is 23.3 Å². The highest BCUT2D eigenvalue weighted by Crippen LogP contribution is 2.37. The van der Waals surface area contributed by atoms with Gasteiger partial charge in [0.2, 0.25) is 11.8 Å². The van der Waals surface area contributed by atoms with Crippen LogP contribution in [0, 0.1) is 25.2 Å². The van der Waals surface area contributed by atoms with Crippen LogP contribution in [0.15, 0.2) is 56.8 Å². The van der Waals surface area contributed by atoms with Crippen LogP contribution in [0.5, 0.6) is 0 Å². The van der Waals surface area contributed by atoms with Crippen molar-refractivity contribution in [2.24, 2.45) is 10.6 Å². The molecule has 4 aromatic rings. The molecule has 6 rings (SSSR count). The molecule has 0 radical (unpaired) electrons. The first-order valence-corrected chi connectivity index (χ1v) is 15.3. The van der Waals surface area contributed by atoms with E-state index in [-0.39, 0.29) is 16.9 Å². The molecule has 4 heterocycles. The monoisotopic (exact) mass is 598 g/mol. The Morgan fingerprint density at radius 2 is 1.82 bits per heavy atom. The summed E-state index contributed by atoms with van der Waals surface area (Å²) in [6, 6.07) is 11.8. The lowest BCUT2D eigenvalue weighted by Gasteiger charge is -2.37. The van der Waals surface area contributed by atoms with E-state index in [1.54, 1.807) is 24.3 Å². The molecule has 2 aromatic heterocycles. The van der Waals surface area contributed by atoms with Gasteiger partial charge in [0, 0.05) is 29.7 Å². The van der Waals surface area contributed by atoms with Crippen LogP contribution in [0.25, 0.3) is 22.2 Å². The quantitative estimate of drug-likeness (QED) is 0.200. The summed E-state index contributed by atoms with van der Waals surface area (Å²) in [5, 5.41) is 17.9. The first-order chi connectivity index (χ1) is 21.0. The summed E-state index contributed by atoms with van der Waals surface area (Å²) in [6.45, 7) is 16.0. The molecule has 1 fully saturated rings. The van der Waals surface area contributed by atoms with Gasteiger partial charge in [-0.15, -0.1) is 5.16 Å². The van der Waals surface area contributed by atoms with Crippen molar-refractivity contribution in [3.05, 3.63) is 80.9 Å². The smallest absolute Gasteiger partial charge is 0.440 e. The molecule has 8 nitrogen and oxygen atoms in total. The average Bonchev–Trinajstić information content (AvgIpc) is 3.01. The number of rotatable bonds is 5. The summed E-state index contributed by atoms with van der Waals surface area (Å²) in [6.07, 6.45) is 3.55. The molecule has 2 aromatic carbocycles. The fourth-order valence-electron chi connectivity index (χ4n) is 5.84. The Balaban J connectivity index is 0.00000188. The number of hydrogen-bond acceptors (Lipinski definition) is 8. The molecule has 0 bridgehead atoms. The fourth-order valence-corrected chi connectivity index (χ4v) is 5.84. The van der Waals surface area contributed by atoms with Crippen LogP contribution >= 0.6 is 0 Å².